The minimum Gasteiger partial charge on any atom is -0.481 e. The zero-order valence-corrected chi connectivity index (χ0v) is 12.0. The fourth-order valence-electron chi connectivity index (χ4n) is 3.03. The molecule has 1 fully saturated rings. The van der Waals surface area contributed by atoms with E-state index in [4.69, 9.17) is 0 Å². The van der Waals surface area contributed by atoms with Gasteiger partial charge in [-0.15, -0.1) is 0 Å². The summed E-state index contributed by atoms with van der Waals surface area (Å²) in [4.78, 5) is 23.5. The molecule has 5 heteroatoms. The summed E-state index contributed by atoms with van der Waals surface area (Å²) < 4.78 is 1.94. The molecular formula is C15H22N2O3. The highest BCUT2D eigenvalue weighted by molar-refractivity contribution is 5.85. The topological polar surface area (TPSA) is 71.3 Å². The van der Waals surface area contributed by atoms with Gasteiger partial charge < -0.3 is 15.0 Å². The smallest absolute Gasteiger partial charge is 0.307 e. The van der Waals surface area contributed by atoms with E-state index in [0.29, 0.717) is 25.3 Å². The van der Waals surface area contributed by atoms with Gasteiger partial charge in [0.1, 0.15) is 0 Å². The summed E-state index contributed by atoms with van der Waals surface area (Å²) in [5.74, 6) is -1.55. The number of carbonyl (C=O) groups is 2. The Hall–Kier alpha value is -1.78. The van der Waals surface area contributed by atoms with Crippen LogP contribution in [0.5, 0.6) is 0 Å². The maximum atomic E-state index is 12.2. The molecule has 0 bridgehead atoms. The van der Waals surface area contributed by atoms with E-state index < -0.39 is 17.8 Å². The maximum absolute atomic E-state index is 12.2. The zero-order valence-electron chi connectivity index (χ0n) is 12.0. The lowest BCUT2D eigenvalue weighted by Crippen LogP contribution is -2.35. The predicted octanol–water partition coefficient (Wildman–Crippen LogP) is 1.78. The van der Waals surface area contributed by atoms with E-state index in [1.54, 1.807) is 0 Å². The van der Waals surface area contributed by atoms with E-state index >= 15 is 0 Å². The van der Waals surface area contributed by atoms with Gasteiger partial charge in [-0.1, -0.05) is 13.3 Å². The maximum Gasteiger partial charge on any atom is 0.307 e. The Bertz CT molecular complexity index is 495. The van der Waals surface area contributed by atoms with Crippen molar-refractivity contribution in [2.45, 2.75) is 32.7 Å². The molecule has 110 valence electrons. The third-order valence-corrected chi connectivity index (χ3v) is 4.39. The van der Waals surface area contributed by atoms with Crippen LogP contribution in [-0.2, 0) is 23.2 Å². The van der Waals surface area contributed by atoms with Crippen molar-refractivity contribution in [2.24, 2.45) is 24.8 Å². The van der Waals surface area contributed by atoms with Gasteiger partial charge in [0.25, 0.3) is 0 Å². The van der Waals surface area contributed by atoms with Gasteiger partial charge in [-0.25, -0.2) is 0 Å². The third-order valence-electron chi connectivity index (χ3n) is 4.39. The lowest BCUT2D eigenvalue weighted by molar-refractivity contribution is -0.146. The number of amides is 1. The SMILES string of the molecule is CCC1C[C@H](C(=O)NCc2cccn2C)[C@H](C(=O)O)C1. The quantitative estimate of drug-likeness (QED) is 0.862. The summed E-state index contributed by atoms with van der Waals surface area (Å²) in [7, 11) is 1.92. The van der Waals surface area contributed by atoms with Crippen LogP contribution in [0, 0.1) is 17.8 Å². The average Bonchev–Trinajstić information content (AvgIpc) is 3.02. The van der Waals surface area contributed by atoms with Crippen molar-refractivity contribution in [3.63, 3.8) is 0 Å². The second-order valence-corrected chi connectivity index (χ2v) is 5.63. The summed E-state index contributed by atoms with van der Waals surface area (Å²) in [6.07, 6.45) is 4.16. The molecule has 1 aliphatic carbocycles. The van der Waals surface area contributed by atoms with Gasteiger partial charge in [-0.2, -0.15) is 0 Å². The van der Waals surface area contributed by atoms with E-state index in [2.05, 4.69) is 5.32 Å². The monoisotopic (exact) mass is 278 g/mol. The van der Waals surface area contributed by atoms with Crippen LogP contribution in [0.25, 0.3) is 0 Å². The molecule has 1 saturated carbocycles. The highest BCUT2D eigenvalue weighted by Gasteiger charge is 2.41. The highest BCUT2D eigenvalue weighted by atomic mass is 16.4. The molecule has 20 heavy (non-hydrogen) atoms. The van der Waals surface area contributed by atoms with E-state index in [1.807, 2.05) is 36.9 Å². The first-order valence-corrected chi connectivity index (χ1v) is 7.13. The summed E-state index contributed by atoms with van der Waals surface area (Å²) in [5.41, 5.74) is 1.01. The number of aryl methyl sites for hydroxylation is 1. The molecule has 0 spiro atoms. The Morgan fingerprint density at radius 3 is 2.65 bits per heavy atom. The van der Waals surface area contributed by atoms with Crippen molar-refractivity contribution < 1.29 is 14.7 Å². The van der Waals surface area contributed by atoms with Crippen molar-refractivity contribution in [3.8, 4) is 0 Å². The Morgan fingerprint density at radius 1 is 1.40 bits per heavy atom. The number of nitrogens with zero attached hydrogens (tertiary/aromatic N) is 1. The van der Waals surface area contributed by atoms with Crippen LogP contribution in [0.1, 0.15) is 31.9 Å². The molecule has 1 unspecified atom stereocenters. The molecule has 3 atom stereocenters. The van der Waals surface area contributed by atoms with Crippen LogP contribution in [0.4, 0.5) is 0 Å². The zero-order chi connectivity index (χ0) is 14.7. The molecule has 0 radical (unpaired) electrons. The molecule has 2 rings (SSSR count). The molecule has 1 amide bonds. The molecule has 1 heterocycles. The van der Waals surface area contributed by atoms with Gasteiger partial charge in [-0.05, 0) is 30.9 Å². The van der Waals surface area contributed by atoms with Crippen molar-refractivity contribution in [2.75, 3.05) is 0 Å². The Balaban J connectivity index is 1.97. The van der Waals surface area contributed by atoms with Crippen LogP contribution in [0.15, 0.2) is 18.3 Å². The molecule has 2 N–H and O–H groups in total. The Labute approximate surface area is 119 Å². The van der Waals surface area contributed by atoms with Gasteiger partial charge in [-0.3, -0.25) is 9.59 Å². The van der Waals surface area contributed by atoms with E-state index in [0.717, 1.165) is 12.1 Å². The summed E-state index contributed by atoms with van der Waals surface area (Å²) in [5, 5.41) is 12.1. The molecule has 1 aliphatic rings. The predicted molar refractivity (Wildman–Crippen MR) is 74.9 cm³/mol. The molecular weight excluding hydrogens is 256 g/mol. The fourth-order valence-corrected chi connectivity index (χ4v) is 3.03. The summed E-state index contributed by atoms with van der Waals surface area (Å²) in [6.45, 7) is 2.50. The van der Waals surface area contributed by atoms with Crippen molar-refractivity contribution in [1.29, 1.82) is 0 Å². The van der Waals surface area contributed by atoms with Gasteiger partial charge in [0.2, 0.25) is 5.91 Å². The van der Waals surface area contributed by atoms with Crippen LogP contribution >= 0.6 is 0 Å². The van der Waals surface area contributed by atoms with Gasteiger partial charge in [0.15, 0.2) is 0 Å². The average molecular weight is 278 g/mol. The standard InChI is InChI=1S/C15H22N2O3/c1-3-10-7-12(13(8-10)15(19)20)14(18)16-9-11-5-4-6-17(11)2/h4-6,10,12-13H,3,7-9H2,1-2H3,(H,16,18)(H,19,20)/t10?,12-,13+/m0/s1. The number of nitrogens with one attached hydrogen (secondary N) is 1. The van der Waals surface area contributed by atoms with Crippen LogP contribution < -0.4 is 5.32 Å². The lowest BCUT2D eigenvalue weighted by Gasteiger charge is -2.15. The van der Waals surface area contributed by atoms with Gasteiger partial charge >= 0.3 is 5.97 Å². The lowest BCUT2D eigenvalue weighted by atomic mass is 9.95. The van der Waals surface area contributed by atoms with E-state index in [1.165, 1.54) is 0 Å². The highest BCUT2D eigenvalue weighted by Crippen LogP contribution is 2.38. The number of carboxylic acids is 1. The van der Waals surface area contributed by atoms with Crippen molar-refractivity contribution in [3.05, 3.63) is 24.0 Å². The number of hydrogen-bond acceptors (Lipinski definition) is 2. The molecule has 0 aliphatic heterocycles. The van der Waals surface area contributed by atoms with E-state index in [-0.39, 0.29) is 5.91 Å². The van der Waals surface area contributed by atoms with E-state index in [9.17, 15) is 14.7 Å². The Kier molecular flexibility index (Phi) is 4.47. The fraction of sp³-hybridized carbons (Fsp3) is 0.600. The number of aliphatic carboxylic acids is 1. The first-order valence-electron chi connectivity index (χ1n) is 7.13. The summed E-state index contributed by atoms with van der Waals surface area (Å²) >= 11 is 0. The minimum atomic E-state index is -0.847. The molecule has 1 aromatic rings. The first-order chi connectivity index (χ1) is 9.52. The number of carboxylic acid groups (broad SMARTS) is 1. The number of rotatable bonds is 5. The first kappa shape index (κ1) is 14.6. The molecule has 0 aromatic carbocycles. The summed E-state index contributed by atoms with van der Waals surface area (Å²) in [6, 6.07) is 3.86. The second-order valence-electron chi connectivity index (χ2n) is 5.63. The van der Waals surface area contributed by atoms with Crippen LogP contribution in [0.3, 0.4) is 0 Å². The largest absolute Gasteiger partial charge is 0.481 e. The number of aromatic nitrogens is 1. The van der Waals surface area contributed by atoms with Gasteiger partial charge in [0.05, 0.1) is 18.4 Å². The van der Waals surface area contributed by atoms with Crippen molar-refractivity contribution in [1.82, 2.24) is 9.88 Å². The van der Waals surface area contributed by atoms with Crippen LogP contribution in [-0.4, -0.2) is 21.6 Å². The molecule has 5 nitrogen and oxygen atoms in total. The molecule has 1 aromatic heterocycles. The van der Waals surface area contributed by atoms with Gasteiger partial charge in [0, 0.05) is 18.9 Å². The number of hydrogen-bond donors (Lipinski definition) is 2. The van der Waals surface area contributed by atoms with Crippen LogP contribution in [0.2, 0.25) is 0 Å². The minimum absolute atomic E-state index is 0.130. The Morgan fingerprint density at radius 2 is 2.10 bits per heavy atom. The second kappa shape index (κ2) is 6.11. The van der Waals surface area contributed by atoms with Crippen molar-refractivity contribution >= 4 is 11.9 Å². The third kappa shape index (κ3) is 3.03. The normalized spacial score (nSPS) is 25.6. The molecule has 0 saturated heterocycles. The number of carbonyl (C=O) groups excluding carboxylic acids is 1.